The number of thiophene rings is 2. The van der Waals surface area contributed by atoms with Crippen molar-refractivity contribution in [2.75, 3.05) is 0 Å². The zero-order chi connectivity index (χ0) is 34.2. The van der Waals surface area contributed by atoms with E-state index < -0.39 is 0 Å². The molecule has 0 radical (unpaired) electrons. The lowest BCUT2D eigenvalue weighted by molar-refractivity contribution is 1.24. The van der Waals surface area contributed by atoms with Crippen molar-refractivity contribution < 1.29 is 0 Å². The number of aromatic nitrogens is 2. The Balaban J connectivity index is 0.962. The molecule has 2 nitrogen and oxygen atoms in total. The molecule has 0 unspecified atom stereocenters. The predicted molar refractivity (Wildman–Crippen MR) is 225 cm³/mol. The molecule has 11 aromatic rings. The molecule has 0 N–H and O–H groups in total. The number of rotatable bonds is 4. The van der Waals surface area contributed by atoms with Gasteiger partial charge in [-0.05, 0) is 97.4 Å². The van der Waals surface area contributed by atoms with Gasteiger partial charge in [-0.3, -0.25) is 0 Å². The average molecular weight is 697 g/mol. The van der Waals surface area contributed by atoms with Gasteiger partial charge in [0, 0.05) is 35.8 Å². The van der Waals surface area contributed by atoms with Gasteiger partial charge in [0.05, 0.1) is 15.9 Å². The van der Waals surface area contributed by atoms with Crippen molar-refractivity contribution in [2.24, 2.45) is 0 Å². The minimum Gasteiger partial charge on any atom is -0.235 e. The molecule has 0 aliphatic carbocycles. The number of benzene rings is 8. The Morgan fingerprint density at radius 1 is 0.346 bits per heavy atom. The molecular formula is C48H28N2S2. The second kappa shape index (κ2) is 11.7. The summed E-state index contributed by atoms with van der Waals surface area (Å²) in [5.41, 5.74) is 10.4. The van der Waals surface area contributed by atoms with Crippen LogP contribution in [0.25, 0.3) is 107 Å². The Kier molecular flexibility index (Phi) is 6.63. The van der Waals surface area contributed by atoms with Gasteiger partial charge in [-0.1, -0.05) is 121 Å². The number of hydrogen-bond acceptors (Lipinski definition) is 4. The molecule has 242 valence electrons. The lowest BCUT2D eigenvalue weighted by Crippen LogP contribution is -1.87. The van der Waals surface area contributed by atoms with E-state index in [2.05, 4.69) is 164 Å². The average Bonchev–Trinajstić information content (AvgIpc) is 3.78. The summed E-state index contributed by atoms with van der Waals surface area (Å²) >= 11 is 3.64. The molecular weight excluding hydrogens is 669 g/mol. The maximum Gasteiger partial charge on any atom is 0.116 e. The largest absolute Gasteiger partial charge is 0.235 e. The van der Waals surface area contributed by atoms with E-state index in [0.29, 0.717) is 0 Å². The quantitative estimate of drug-likeness (QED) is 0.183. The van der Waals surface area contributed by atoms with Gasteiger partial charge in [-0.2, -0.15) is 0 Å². The maximum absolute atomic E-state index is 4.86. The fourth-order valence-corrected chi connectivity index (χ4v) is 10.1. The van der Waals surface area contributed by atoms with E-state index >= 15 is 0 Å². The molecule has 3 heterocycles. The van der Waals surface area contributed by atoms with Crippen molar-refractivity contribution in [2.45, 2.75) is 0 Å². The molecule has 3 aromatic heterocycles. The molecule has 0 fully saturated rings. The summed E-state index contributed by atoms with van der Waals surface area (Å²) in [6.07, 6.45) is 1.72. The van der Waals surface area contributed by atoms with E-state index in [-0.39, 0.29) is 0 Å². The van der Waals surface area contributed by atoms with E-state index in [1.54, 1.807) is 17.7 Å². The fourth-order valence-electron chi connectivity index (χ4n) is 7.74. The van der Waals surface area contributed by atoms with Crippen LogP contribution >= 0.6 is 22.7 Å². The van der Waals surface area contributed by atoms with Crippen LogP contribution in [-0.4, -0.2) is 9.97 Å². The van der Waals surface area contributed by atoms with E-state index in [1.165, 1.54) is 85.2 Å². The number of hydrogen-bond donors (Lipinski definition) is 0. The Bertz CT molecular complexity index is 3200. The Morgan fingerprint density at radius 2 is 0.942 bits per heavy atom. The summed E-state index contributed by atoms with van der Waals surface area (Å²) in [6.45, 7) is 0. The first-order valence-electron chi connectivity index (χ1n) is 17.5. The van der Waals surface area contributed by atoms with E-state index in [1.807, 2.05) is 11.3 Å². The van der Waals surface area contributed by atoms with Crippen LogP contribution in [0.2, 0.25) is 0 Å². The summed E-state index contributed by atoms with van der Waals surface area (Å²) in [6, 6.07) is 59.8. The van der Waals surface area contributed by atoms with Crippen LogP contribution in [-0.2, 0) is 0 Å². The zero-order valence-corrected chi connectivity index (χ0v) is 29.5. The molecule has 0 bridgehead atoms. The molecule has 0 aliphatic rings. The predicted octanol–water partition coefficient (Wildman–Crippen LogP) is 14.2. The van der Waals surface area contributed by atoms with Gasteiger partial charge in [0.1, 0.15) is 6.33 Å². The SMILES string of the molecule is c1cc(-c2cccc3c2sc2ccccc23)cc(-c2ncnc3c2sc2ccc(-c4ccc5cc(-c6ccc7ccccc7c6)ccc5c4)cc23)c1. The Labute approximate surface area is 307 Å². The fraction of sp³-hybridized carbons (Fsp3) is 0. The minimum atomic E-state index is 0.978. The van der Waals surface area contributed by atoms with Gasteiger partial charge in [0.15, 0.2) is 0 Å². The summed E-state index contributed by atoms with van der Waals surface area (Å²) in [5, 5.41) is 8.79. The van der Waals surface area contributed by atoms with Gasteiger partial charge in [-0.15, -0.1) is 22.7 Å². The molecule has 0 aliphatic heterocycles. The van der Waals surface area contributed by atoms with Gasteiger partial charge >= 0.3 is 0 Å². The minimum absolute atomic E-state index is 0.978. The smallest absolute Gasteiger partial charge is 0.116 e. The maximum atomic E-state index is 4.86. The highest BCUT2D eigenvalue weighted by Crippen LogP contribution is 2.43. The standard InChI is InChI=1S/C48H28N2S2/c1-2-8-30-23-31(16-15-29(30)7-1)32-17-18-34-25-35(20-19-33(34)24-32)36-21-22-44-42(27-36)46-48(52-44)45(49-28-50-46)38-10-5-9-37(26-38)39-12-6-13-41-40-11-3-4-14-43(40)51-47(39)41/h1-28H. The third kappa shape index (κ3) is 4.76. The molecule has 52 heavy (non-hydrogen) atoms. The Hall–Kier alpha value is -6.20. The first kappa shape index (κ1) is 29.5. The third-order valence-electron chi connectivity index (χ3n) is 10.4. The van der Waals surface area contributed by atoms with Crippen molar-refractivity contribution >= 4 is 84.7 Å². The highest BCUT2D eigenvalue weighted by Gasteiger charge is 2.16. The van der Waals surface area contributed by atoms with Crippen molar-refractivity contribution in [3.63, 3.8) is 0 Å². The number of fused-ring (bicyclic) bond motifs is 8. The van der Waals surface area contributed by atoms with Gasteiger partial charge < -0.3 is 0 Å². The summed E-state index contributed by atoms with van der Waals surface area (Å²) < 4.78 is 4.97. The van der Waals surface area contributed by atoms with Crippen molar-refractivity contribution in [3.05, 3.63) is 170 Å². The topological polar surface area (TPSA) is 25.8 Å². The van der Waals surface area contributed by atoms with Crippen molar-refractivity contribution in [1.29, 1.82) is 0 Å². The first-order valence-corrected chi connectivity index (χ1v) is 19.1. The van der Waals surface area contributed by atoms with Gasteiger partial charge in [-0.25, -0.2) is 9.97 Å². The van der Waals surface area contributed by atoms with Crippen LogP contribution in [0.15, 0.2) is 170 Å². The van der Waals surface area contributed by atoms with Gasteiger partial charge in [0.2, 0.25) is 0 Å². The van der Waals surface area contributed by atoms with Crippen LogP contribution in [0.4, 0.5) is 0 Å². The van der Waals surface area contributed by atoms with Gasteiger partial charge in [0.25, 0.3) is 0 Å². The lowest BCUT2D eigenvalue weighted by Gasteiger charge is -2.08. The molecule has 8 aromatic carbocycles. The van der Waals surface area contributed by atoms with E-state index in [9.17, 15) is 0 Å². The first-order chi connectivity index (χ1) is 25.7. The molecule has 11 rings (SSSR count). The second-order valence-corrected chi connectivity index (χ2v) is 15.5. The molecule has 0 saturated heterocycles. The zero-order valence-electron chi connectivity index (χ0n) is 27.9. The summed E-state index contributed by atoms with van der Waals surface area (Å²) in [7, 11) is 0. The summed E-state index contributed by atoms with van der Waals surface area (Å²) in [5.74, 6) is 0. The molecule has 0 spiro atoms. The highest BCUT2D eigenvalue weighted by molar-refractivity contribution is 7.26. The van der Waals surface area contributed by atoms with Crippen molar-refractivity contribution in [3.8, 4) is 44.6 Å². The van der Waals surface area contributed by atoms with E-state index in [4.69, 9.17) is 9.97 Å². The van der Waals surface area contributed by atoms with Crippen LogP contribution in [0.1, 0.15) is 0 Å². The van der Waals surface area contributed by atoms with Crippen LogP contribution in [0.5, 0.6) is 0 Å². The molecule has 0 atom stereocenters. The van der Waals surface area contributed by atoms with Crippen LogP contribution in [0.3, 0.4) is 0 Å². The monoisotopic (exact) mass is 696 g/mol. The molecule has 4 heteroatoms. The normalized spacial score (nSPS) is 11.8. The van der Waals surface area contributed by atoms with Crippen LogP contribution < -0.4 is 0 Å². The highest BCUT2D eigenvalue weighted by atomic mass is 32.1. The van der Waals surface area contributed by atoms with Crippen LogP contribution in [0, 0.1) is 0 Å². The third-order valence-corrected chi connectivity index (χ3v) is 12.7. The summed E-state index contributed by atoms with van der Waals surface area (Å²) in [4.78, 5) is 9.71. The van der Waals surface area contributed by atoms with Crippen molar-refractivity contribution in [1.82, 2.24) is 9.97 Å². The Morgan fingerprint density at radius 3 is 1.77 bits per heavy atom. The second-order valence-electron chi connectivity index (χ2n) is 13.4. The molecule has 0 saturated carbocycles. The lowest BCUT2D eigenvalue weighted by atomic mass is 9.96. The molecule has 0 amide bonds. The number of nitrogens with zero attached hydrogens (tertiary/aromatic N) is 2. The van der Waals surface area contributed by atoms with E-state index in [0.717, 1.165) is 21.5 Å².